The SMILES string of the molecule is COc1ccccc1CN1CCC2NC(SCC(=O)Nc3cccc(C(C)=O)c3)NC(=O)C2C1. The van der Waals surface area contributed by atoms with Gasteiger partial charge in [0.2, 0.25) is 11.8 Å². The quantitative estimate of drug-likeness (QED) is 0.497. The predicted molar refractivity (Wildman–Crippen MR) is 133 cm³/mol. The molecule has 3 unspecified atom stereocenters. The zero-order valence-corrected chi connectivity index (χ0v) is 20.2. The van der Waals surface area contributed by atoms with Crippen molar-refractivity contribution in [3.8, 4) is 5.75 Å². The van der Waals surface area contributed by atoms with Crippen molar-refractivity contribution in [3.63, 3.8) is 0 Å². The molecule has 2 amide bonds. The van der Waals surface area contributed by atoms with Crippen LogP contribution in [-0.4, -0.2) is 60.0 Å². The first-order valence-corrected chi connectivity index (χ1v) is 12.4. The van der Waals surface area contributed by atoms with Crippen LogP contribution < -0.4 is 20.7 Å². The summed E-state index contributed by atoms with van der Waals surface area (Å²) in [5.41, 5.74) is 1.93. The fourth-order valence-electron chi connectivity index (χ4n) is 4.44. The Balaban J connectivity index is 1.27. The number of Topliss-reactive ketones (excluding diaryl/α,β-unsaturated/α-hetero) is 1. The van der Waals surface area contributed by atoms with E-state index in [-0.39, 0.29) is 40.8 Å². The van der Waals surface area contributed by atoms with E-state index in [1.807, 2.05) is 18.2 Å². The Morgan fingerprint density at radius 2 is 2.03 bits per heavy atom. The second kappa shape index (κ2) is 11.0. The number of carbonyl (C=O) groups is 3. The maximum atomic E-state index is 12.8. The molecule has 2 heterocycles. The highest BCUT2D eigenvalue weighted by molar-refractivity contribution is 8.00. The second-order valence-corrected chi connectivity index (χ2v) is 9.69. The lowest BCUT2D eigenvalue weighted by Crippen LogP contribution is -2.64. The Morgan fingerprint density at radius 3 is 2.82 bits per heavy atom. The first kappa shape index (κ1) is 24.3. The summed E-state index contributed by atoms with van der Waals surface area (Å²) in [5.74, 6) is 0.681. The molecule has 4 rings (SSSR count). The van der Waals surface area contributed by atoms with Gasteiger partial charge in [-0.3, -0.25) is 24.6 Å². The molecule has 0 aliphatic carbocycles. The molecule has 2 saturated heterocycles. The molecule has 0 radical (unpaired) electrons. The van der Waals surface area contributed by atoms with E-state index in [1.54, 1.807) is 31.4 Å². The summed E-state index contributed by atoms with van der Waals surface area (Å²) in [6, 6.07) is 14.9. The van der Waals surface area contributed by atoms with Gasteiger partial charge in [-0.05, 0) is 31.5 Å². The monoisotopic (exact) mass is 482 g/mol. The van der Waals surface area contributed by atoms with Crippen molar-refractivity contribution in [2.75, 3.05) is 31.3 Å². The number of likely N-dealkylation sites (tertiary alicyclic amines) is 1. The Bertz CT molecular complexity index is 1060. The fraction of sp³-hybridized carbons (Fsp3) is 0.400. The average Bonchev–Trinajstić information content (AvgIpc) is 2.83. The number of para-hydroxylation sites is 1. The summed E-state index contributed by atoms with van der Waals surface area (Å²) in [6.07, 6.45) is 0.855. The van der Waals surface area contributed by atoms with Gasteiger partial charge in [0.15, 0.2) is 5.78 Å². The lowest BCUT2D eigenvalue weighted by atomic mass is 9.89. The van der Waals surface area contributed by atoms with Gasteiger partial charge < -0.3 is 15.4 Å². The molecule has 8 nitrogen and oxygen atoms in total. The summed E-state index contributed by atoms with van der Waals surface area (Å²) < 4.78 is 5.46. The first-order chi connectivity index (χ1) is 16.4. The number of thioether (sulfide) groups is 1. The standard InChI is InChI=1S/C25H30N4O4S/c1-16(30)17-7-5-8-19(12-17)26-23(31)15-34-25-27-21-10-11-29(14-20(21)24(32)28-25)13-18-6-3-4-9-22(18)33-2/h3-9,12,20-21,25,27H,10-11,13-15H2,1-2H3,(H,26,31)(H,28,32). The molecule has 0 saturated carbocycles. The van der Waals surface area contributed by atoms with Crippen LogP contribution in [0.2, 0.25) is 0 Å². The van der Waals surface area contributed by atoms with E-state index in [9.17, 15) is 14.4 Å². The van der Waals surface area contributed by atoms with Crippen molar-refractivity contribution in [2.45, 2.75) is 31.4 Å². The second-order valence-electron chi connectivity index (χ2n) is 8.60. The van der Waals surface area contributed by atoms with Gasteiger partial charge >= 0.3 is 0 Å². The molecule has 0 bridgehead atoms. The predicted octanol–water partition coefficient (Wildman–Crippen LogP) is 2.46. The Morgan fingerprint density at radius 1 is 1.21 bits per heavy atom. The van der Waals surface area contributed by atoms with Gasteiger partial charge in [0.1, 0.15) is 11.2 Å². The molecule has 9 heteroatoms. The molecule has 2 fully saturated rings. The number of nitrogens with zero attached hydrogens (tertiary/aromatic N) is 1. The third-order valence-electron chi connectivity index (χ3n) is 6.19. The molecule has 2 aromatic carbocycles. The normalized spacial score (nSPS) is 22.4. The van der Waals surface area contributed by atoms with Crippen LogP contribution in [0.5, 0.6) is 5.75 Å². The van der Waals surface area contributed by atoms with E-state index < -0.39 is 0 Å². The zero-order chi connectivity index (χ0) is 24.1. The molecular weight excluding hydrogens is 452 g/mol. The number of amides is 2. The van der Waals surface area contributed by atoms with E-state index in [0.717, 1.165) is 30.8 Å². The number of ketones is 1. The smallest absolute Gasteiger partial charge is 0.234 e. The number of methoxy groups -OCH3 is 1. The van der Waals surface area contributed by atoms with Crippen LogP contribution in [0, 0.1) is 5.92 Å². The molecule has 3 N–H and O–H groups in total. The molecular formula is C25H30N4O4S. The van der Waals surface area contributed by atoms with Crippen LogP contribution >= 0.6 is 11.8 Å². The van der Waals surface area contributed by atoms with Crippen LogP contribution in [0.15, 0.2) is 48.5 Å². The minimum Gasteiger partial charge on any atom is -0.496 e. The molecule has 2 aliphatic heterocycles. The van der Waals surface area contributed by atoms with E-state index in [2.05, 4.69) is 26.9 Å². The topological polar surface area (TPSA) is 99.8 Å². The van der Waals surface area contributed by atoms with Crippen LogP contribution in [0.4, 0.5) is 5.69 Å². The van der Waals surface area contributed by atoms with Gasteiger partial charge in [-0.2, -0.15) is 0 Å². The van der Waals surface area contributed by atoms with Gasteiger partial charge in [-0.1, -0.05) is 30.3 Å². The van der Waals surface area contributed by atoms with Crippen LogP contribution in [0.25, 0.3) is 0 Å². The Kier molecular flexibility index (Phi) is 7.87. The van der Waals surface area contributed by atoms with Crippen molar-refractivity contribution < 1.29 is 19.1 Å². The number of benzene rings is 2. The van der Waals surface area contributed by atoms with E-state index >= 15 is 0 Å². The summed E-state index contributed by atoms with van der Waals surface area (Å²) in [7, 11) is 1.67. The minimum absolute atomic E-state index is 0.0144. The number of ether oxygens (including phenoxy) is 1. The maximum absolute atomic E-state index is 12.8. The highest BCUT2D eigenvalue weighted by Gasteiger charge is 2.40. The highest BCUT2D eigenvalue weighted by Crippen LogP contribution is 2.27. The van der Waals surface area contributed by atoms with Crippen LogP contribution in [-0.2, 0) is 16.1 Å². The summed E-state index contributed by atoms with van der Waals surface area (Å²) >= 11 is 1.35. The number of piperidine rings is 1. The molecule has 0 aromatic heterocycles. The average molecular weight is 483 g/mol. The number of carbonyl (C=O) groups excluding carboxylic acids is 3. The third-order valence-corrected chi connectivity index (χ3v) is 7.21. The van der Waals surface area contributed by atoms with E-state index in [1.165, 1.54) is 18.7 Å². The van der Waals surface area contributed by atoms with Crippen molar-refractivity contribution in [3.05, 3.63) is 59.7 Å². The lowest BCUT2D eigenvalue weighted by Gasteiger charge is -2.43. The minimum atomic E-state index is -0.316. The highest BCUT2D eigenvalue weighted by atomic mass is 32.2. The largest absolute Gasteiger partial charge is 0.496 e. The fourth-order valence-corrected chi connectivity index (χ4v) is 5.30. The molecule has 180 valence electrons. The van der Waals surface area contributed by atoms with Crippen LogP contribution in [0.1, 0.15) is 29.3 Å². The van der Waals surface area contributed by atoms with E-state index in [4.69, 9.17) is 4.74 Å². The molecule has 2 aromatic rings. The Hall–Kier alpha value is -2.88. The third kappa shape index (κ3) is 5.97. The summed E-state index contributed by atoms with van der Waals surface area (Å²) in [5, 5.41) is 9.31. The molecule has 2 aliphatic rings. The van der Waals surface area contributed by atoms with Crippen molar-refractivity contribution >= 4 is 35.0 Å². The molecule has 34 heavy (non-hydrogen) atoms. The summed E-state index contributed by atoms with van der Waals surface area (Å²) in [4.78, 5) is 39.1. The number of rotatable bonds is 8. The maximum Gasteiger partial charge on any atom is 0.234 e. The number of fused-ring (bicyclic) bond motifs is 1. The number of nitrogens with one attached hydrogen (secondary N) is 3. The van der Waals surface area contributed by atoms with E-state index in [0.29, 0.717) is 17.8 Å². The van der Waals surface area contributed by atoms with Gasteiger partial charge in [0.25, 0.3) is 0 Å². The van der Waals surface area contributed by atoms with Gasteiger partial charge in [0.05, 0.1) is 18.8 Å². The summed E-state index contributed by atoms with van der Waals surface area (Å²) in [6.45, 7) is 3.78. The van der Waals surface area contributed by atoms with Gasteiger partial charge in [-0.15, -0.1) is 11.8 Å². The van der Waals surface area contributed by atoms with Crippen molar-refractivity contribution in [1.29, 1.82) is 0 Å². The Labute approximate surface area is 203 Å². The number of anilines is 1. The number of hydrogen-bond acceptors (Lipinski definition) is 7. The van der Waals surface area contributed by atoms with Crippen LogP contribution in [0.3, 0.4) is 0 Å². The lowest BCUT2D eigenvalue weighted by molar-refractivity contribution is -0.130. The van der Waals surface area contributed by atoms with Gasteiger partial charge in [-0.25, -0.2) is 0 Å². The number of hydrogen-bond donors (Lipinski definition) is 3. The van der Waals surface area contributed by atoms with Gasteiger partial charge in [0, 0.05) is 42.5 Å². The van der Waals surface area contributed by atoms with Crippen molar-refractivity contribution in [1.82, 2.24) is 15.5 Å². The molecule has 0 spiro atoms. The van der Waals surface area contributed by atoms with Crippen molar-refractivity contribution in [2.24, 2.45) is 5.92 Å². The molecule has 3 atom stereocenters. The first-order valence-electron chi connectivity index (χ1n) is 11.4. The zero-order valence-electron chi connectivity index (χ0n) is 19.4.